The molecule has 0 spiro atoms. The van der Waals surface area contributed by atoms with Crippen molar-refractivity contribution in [2.45, 2.75) is 25.6 Å². The van der Waals surface area contributed by atoms with Crippen LogP contribution >= 0.6 is 0 Å². The summed E-state index contributed by atoms with van der Waals surface area (Å²) in [5.74, 6) is 0.244. The maximum atomic E-state index is 10.9. The number of hydrogen-bond acceptors (Lipinski definition) is 2. The molecule has 3 heteroatoms. The van der Waals surface area contributed by atoms with Crippen LogP contribution in [0.15, 0.2) is 0 Å². The highest BCUT2D eigenvalue weighted by atomic mass is 16.5. The standard InChI is InChI=1S/C7H11BO2/c1-2-10-7(9)5-3-6(8)4-5/h5-6H,2-4H2,1H3. The van der Waals surface area contributed by atoms with E-state index in [9.17, 15) is 4.79 Å². The van der Waals surface area contributed by atoms with E-state index in [0.717, 1.165) is 12.8 Å². The van der Waals surface area contributed by atoms with Crippen LogP contribution in [-0.4, -0.2) is 20.4 Å². The first-order valence-corrected chi connectivity index (χ1v) is 3.66. The van der Waals surface area contributed by atoms with E-state index in [1.165, 1.54) is 0 Å². The molecule has 0 N–H and O–H groups in total. The van der Waals surface area contributed by atoms with Crippen LogP contribution in [0.25, 0.3) is 0 Å². The lowest BCUT2D eigenvalue weighted by Gasteiger charge is -2.30. The minimum absolute atomic E-state index is 0.0794. The molecule has 1 fully saturated rings. The van der Waals surface area contributed by atoms with Gasteiger partial charge in [0, 0.05) is 0 Å². The van der Waals surface area contributed by atoms with E-state index in [1.54, 1.807) is 0 Å². The maximum absolute atomic E-state index is 10.9. The van der Waals surface area contributed by atoms with Crippen LogP contribution in [0, 0.1) is 5.92 Å². The van der Waals surface area contributed by atoms with Gasteiger partial charge in [0.05, 0.1) is 20.4 Å². The molecule has 1 aliphatic carbocycles. The third-order valence-electron chi connectivity index (χ3n) is 1.79. The summed E-state index contributed by atoms with van der Waals surface area (Å²) in [6.45, 7) is 2.29. The van der Waals surface area contributed by atoms with Gasteiger partial charge in [-0.15, -0.1) is 0 Å². The molecule has 54 valence electrons. The Hall–Kier alpha value is -0.465. The second kappa shape index (κ2) is 3.08. The molecule has 0 aromatic heterocycles. The van der Waals surface area contributed by atoms with E-state index in [0.29, 0.717) is 6.61 Å². The van der Waals surface area contributed by atoms with Crippen molar-refractivity contribution in [3.8, 4) is 0 Å². The Labute approximate surface area is 62.3 Å². The van der Waals surface area contributed by atoms with Crippen molar-refractivity contribution in [2.75, 3.05) is 6.61 Å². The molecule has 0 amide bonds. The lowest BCUT2D eigenvalue weighted by atomic mass is 9.64. The van der Waals surface area contributed by atoms with Crippen LogP contribution in [-0.2, 0) is 9.53 Å². The van der Waals surface area contributed by atoms with Crippen LogP contribution in [0.4, 0.5) is 0 Å². The summed E-state index contributed by atoms with van der Waals surface area (Å²) >= 11 is 0. The summed E-state index contributed by atoms with van der Waals surface area (Å²) in [6, 6.07) is 0. The first-order chi connectivity index (χ1) is 4.74. The zero-order chi connectivity index (χ0) is 7.56. The number of rotatable bonds is 2. The SMILES string of the molecule is [B]C1CC(C(=O)OCC)C1. The molecular weight excluding hydrogens is 127 g/mol. The summed E-state index contributed by atoms with van der Waals surface area (Å²) in [5, 5.41) is 0. The number of hydrogen-bond donors (Lipinski definition) is 0. The van der Waals surface area contributed by atoms with Crippen molar-refractivity contribution in [1.29, 1.82) is 0 Å². The van der Waals surface area contributed by atoms with Crippen molar-refractivity contribution in [2.24, 2.45) is 5.92 Å². The summed E-state index contributed by atoms with van der Waals surface area (Å²) in [4.78, 5) is 10.9. The molecule has 0 bridgehead atoms. The van der Waals surface area contributed by atoms with E-state index in [2.05, 4.69) is 0 Å². The Kier molecular flexibility index (Phi) is 2.36. The zero-order valence-electron chi connectivity index (χ0n) is 6.17. The summed E-state index contributed by atoms with van der Waals surface area (Å²) in [5.41, 5.74) is 0. The smallest absolute Gasteiger partial charge is 0.308 e. The fourth-order valence-corrected chi connectivity index (χ4v) is 1.11. The molecular formula is C7H11BO2. The molecule has 1 rings (SSSR count). The minimum atomic E-state index is -0.0794. The van der Waals surface area contributed by atoms with Gasteiger partial charge in [-0.2, -0.15) is 0 Å². The Morgan fingerprint density at radius 2 is 2.30 bits per heavy atom. The Morgan fingerprint density at radius 3 is 2.70 bits per heavy atom. The molecule has 10 heavy (non-hydrogen) atoms. The van der Waals surface area contributed by atoms with Crippen LogP contribution in [0.5, 0.6) is 0 Å². The van der Waals surface area contributed by atoms with Gasteiger partial charge >= 0.3 is 5.97 Å². The second-order valence-electron chi connectivity index (χ2n) is 2.68. The third-order valence-corrected chi connectivity index (χ3v) is 1.79. The fraction of sp³-hybridized carbons (Fsp3) is 0.857. The second-order valence-corrected chi connectivity index (χ2v) is 2.68. The van der Waals surface area contributed by atoms with Gasteiger partial charge < -0.3 is 4.74 Å². The summed E-state index contributed by atoms with van der Waals surface area (Å²) < 4.78 is 4.80. The largest absolute Gasteiger partial charge is 0.466 e. The van der Waals surface area contributed by atoms with Gasteiger partial charge in [0.15, 0.2) is 0 Å². The van der Waals surface area contributed by atoms with Gasteiger partial charge in [0.1, 0.15) is 0 Å². The summed E-state index contributed by atoms with van der Waals surface area (Å²) in [6.07, 6.45) is 1.61. The average molecular weight is 138 g/mol. The minimum Gasteiger partial charge on any atom is -0.466 e. The van der Waals surface area contributed by atoms with Crippen molar-refractivity contribution in [3.63, 3.8) is 0 Å². The molecule has 1 aliphatic rings. The number of ether oxygens (including phenoxy) is 1. The predicted molar refractivity (Wildman–Crippen MR) is 38.9 cm³/mol. The molecule has 1 saturated carbocycles. The molecule has 0 saturated heterocycles. The van der Waals surface area contributed by atoms with Crippen molar-refractivity contribution in [1.82, 2.24) is 0 Å². The zero-order valence-corrected chi connectivity index (χ0v) is 6.17. The molecule has 0 unspecified atom stereocenters. The van der Waals surface area contributed by atoms with Crippen LogP contribution < -0.4 is 0 Å². The van der Waals surface area contributed by atoms with E-state index in [4.69, 9.17) is 12.6 Å². The van der Waals surface area contributed by atoms with E-state index >= 15 is 0 Å². The van der Waals surface area contributed by atoms with Crippen LogP contribution in [0.3, 0.4) is 0 Å². The molecule has 2 radical (unpaired) electrons. The lowest BCUT2D eigenvalue weighted by molar-refractivity contribution is -0.150. The van der Waals surface area contributed by atoms with Gasteiger partial charge in [0.25, 0.3) is 0 Å². The van der Waals surface area contributed by atoms with Gasteiger partial charge in [-0.1, -0.05) is 5.82 Å². The fourth-order valence-electron chi connectivity index (χ4n) is 1.11. The Balaban J connectivity index is 2.18. The van der Waals surface area contributed by atoms with Crippen molar-refractivity contribution < 1.29 is 9.53 Å². The van der Waals surface area contributed by atoms with Crippen LogP contribution in [0.1, 0.15) is 19.8 Å². The lowest BCUT2D eigenvalue weighted by Crippen LogP contribution is -2.28. The Bertz CT molecular complexity index is 130. The molecule has 0 heterocycles. The molecule has 0 aliphatic heterocycles. The highest BCUT2D eigenvalue weighted by Crippen LogP contribution is 2.36. The monoisotopic (exact) mass is 138 g/mol. The molecule has 2 nitrogen and oxygen atoms in total. The number of esters is 1. The van der Waals surface area contributed by atoms with Gasteiger partial charge in [-0.05, 0) is 19.8 Å². The quantitative estimate of drug-likeness (QED) is 0.418. The molecule has 0 aromatic rings. The van der Waals surface area contributed by atoms with Crippen LogP contribution in [0.2, 0.25) is 5.82 Å². The average Bonchev–Trinajstić information content (AvgIpc) is 1.82. The van der Waals surface area contributed by atoms with Crippen molar-refractivity contribution >= 4 is 13.8 Å². The first-order valence-electron chi connectivity index (χ1n) is 3.66. The van der Waals surface area contributed by atoms with E-state index < -0.39 is 0 Å². The van der Waals surface area contributed by atoms with Gasteiger partial charge in [-0.3, -0.25) is 4.79 Å². The van der Waals surface area contributed by atoms with E-state index in [-0.39, 0.29) is 17.7 Å². The predicted octanol–water partition coefficient (Wildman–Crippen LogP) is 0.916. The number of carbonyl (C=O) groups is 1. The molecule has 0 aromatic carbocycles. The highest BCUT2D eigenvalue weighted by molar-refractivity contribution is 6.12. The molecule has 0 atom stereocenters. The van der Waals surface area contributed by atoms with Gasteiger partial charge in [-0.25, -0.2) is 0 Å². The Morgan fingerprint density at radius 1 is 1.70 bits per heavy atom. The first kappa shape index (κ1) is 7.64. The van der Waals surface area contributed by atoms with Gasteiger partial charge in [0.2, 0.25) is 0 Å². The maximum Gasteiger partial charge on any atom is 0.308 e. The van der Waals surface area contributed by atoms with Crippen molar-refractivity contribution in [3.05, 3.63) is 0 Å². The summed E-state index contributed by atoms with van der Waals surface area (Å²) in [7, 11) is 5.50. The topological polar surface area (TPSA) is 26.3 Å². The normalized spacial score (nSPS) is 30.9. The third kappa shape index (κ3) is 1.52. The van der Waals surface area contributed by atoms with E-state index in [1.807, 2.05) is 6.92 Å². The number of carbonyl (C=O) groups excluding carboxylic acids is 1. The highest BCUT2D eigenvalue weighted by Gasteiger charge is 2.31.